The zero-order valence-corrected chi connectivity index (χ0v) is 10.7. The highest BCUT2D eigenvalue weighted by Crippen LogP contribution is 2.24. The summed E-state index contributed by atoms with van der Waals surface area (Å²) in [6.07, 6.45) is 0. The first-order chi connectivity index (χ1) is 9.60. The van der Waals surface area contributed by atoms with Gasteiger partial charge in [0.05, 0.1) is 11.5 Å². The summed E-state index contributed by atoms with van der Waals surface area (Å²) in [5.41, 5.74) is 8.21. The lowest BCUT2D eigenvalue weighted by Crippen LogP contribution is -2.02. The van der Waals surface area contributed by atoms with E-state index in [0.29, 0.717) is 12.2 Å². The molecule has 2 aromatic carbocycles. The van der Waals surface area contributed by atoms with Crippen molar-refractivity contribution in [2.24, 2.45) is 0 Å². The van der Waals surface area contributed by atoms with Gasteiger partial charge in [0, 0.05) is 18.3 Å². The minimum Gasteiger partial charge on any atom is -0.393 e. The van der Waals surface area contributed by atoms with E-state index in [-0.39, 0.29) is 18.0 Å². The van der Waals surface area contributed by atoms with Crippen LogP contribution >= 0.6 is 0 Å². The molecule has 104 valence electrons. The Morgan fingerprint density at radius 2 is 1.95 bits per heavy atom. The van der Waals surface area contributed by atoms with Crippen LogP contribution in [0.15, 0.2) is 42.5 Å². The molecule has 0 aliphatic carbocycles. The number of hydrogen-bond acceptors (Lipinski definition) is 5. The lowest BCUT2D eigenvalue weighted by Gasteiger charge is -2.08. The summed E-state index contributed by atoms with van der Waals surface area (Å²) in [4.78, 5) is 10.2. The number of nitrogens with zero attached hydrogens (tertiary/aromatic N) is 1. The quantitative estimate of drug-likeness (QED) is 0.440. The molecule has 0 aromatic heterocycles. The van der Waals surface area contributed by atoms with Crippen molar-refractivity contribution in [2.45, 2.75) is 13.2 Å². The molecular weight excluding hydrogens is 258 g/mol. The monoisotopic (exact) mass is 273 g/mol. The van der Waals surface area contributed by atoms with Gasteiger partial charge in [-0.15, -0.1) is 0 Å². The van der Waals surface area contributed by atoms with Crippen molar-refractivity contribution in [3.8, 4) is 0 Å². The molecule has 2 rings (SSSR count). The van der Waals surface area contributed by atoms with Gasteiger partial charge in [-0.25, -0.2) is 0 Å². The number of rotatable bonds is 5. The van der Waals surface area contributed by atoms with Gasteiger partial charge in [0.25, 0.3) is 5.69 Å². The van der Waals surface area contributed by atoms with Gasteiger partial charge in [0.1, 0.15) is 5.69 Å². The molecule has 0 spiro atoms. The largest absolute Gasteiger partial charge is 0.393 e. The van der Waals surface area contributed by atoms with E-state index in [2.05, 4.69) is 5.32 Å². The highest BCUT2D eigenvalue weighted by molar-refractivity contribution is 5.65. The van der Waals surface area contributed by atoms with Crippen molar-refractivity contribution in [1.29, 1.82) is 0 Å². The first kappa shape index (κ1) is 13.8. The normalized spacial score (nSPS) is 10.2. The lowest BCUT2D eigenvalue weighted by atomic mass is 10.1. The van der Waals surface area contributed by atoms with Crippen molar-refractivity contribution in [2.75, 3.05) is 11.1 Å². The van der Waals surface area contributed by atoms with E-state index in [4.69, 9.17) is 10.8 Å². The summed E-state index contributed by atoms with van der Waals surface area (Å²) in [7, 11) is 0. The molecule has 0 fully saturated rings. The van der Waals surface area contributed by atoms with E-state index in [0.717, 1.165) is 11.1 Å². The molecule has 0 unspecified atom stereocenters. The van der Waals surface area contributed by atoms with Crippen LogP contribution < -0.4 is 11.1 Å². The number of aliphatic hydroxyl groups is 1. The Kier molecular flexibility index (Phi) is 4.17. The third-order valence-corrected chi connectivity index (χ3v) is 2.89. The molecule has 0 radical (unpaired) electrons. The summed E-state index contributed by atoms with van der Waals surface area (Å²) in [6, 6.07) is 12.1. The number of hydrogen-bond donors (Lipinski definition) is 3. The smallest absolute Gasteiger partial charge is 0.292 e. The Bertz CT molecular complexity index is 629. The summed E-state index contributed by atoms with van der Waals surface area (Å²) in [5.74, 6) is 0. The van der Waals surface area contributed by atoms with Gasteiger partial charge < -0.3 is 16.2 Å². The molecule has 6 nitrogen and oxygen atoms in total. The van der Waals surface area contributed by atoms with Gasteiger partial charge in [-0.05, 0) is 23.3 Å². The molecule has 0 aliphatic rings. The number of aliphatic hydroxyl groups excluding tert-OH is 1. The zero-order chi connectivity index (χ0) is 14.5. The average Bonchev–Trinajstić information content (AvgIpc) is 2.45. The predicted molar refractivity (Wildman–Crippen MR) is 77.2 cm³/mol. The van der Waals surface area contributed by atoms with Gasteiger partial charge in [0.2, 0.25) is 0 Å². The van der Waals surface area contributed by atoms with Crippen molar-refractivity contribution in [1.82, 2.24) is 0 Å². The van der Waals surface area contributed by atoms with E-state index in [1.54, 1.807) is 6.07 Å². The summed E-state index contributed by atoms with van der Waals surface area (Å²) in [6.45, 7) is 0.545. The maximum atomic E-state index is 10.7. The minimum atomic E-state index is -0.510. The topological polar surface area (TPSA) is 101 Å². The maximum absolute atomic E-state index is 10.7. The number of nitrogens with two attached hydrogens (primary N) is 1. The highest BCUT2D eigenvalue weighted by atomic mass is 16.6. The summed E-state index contributed by atoms with van der Waals surface area (Å²) in [5, 5.41) is 22.9. The fourth-order valence-electron chi connectivity index (χ4n) is 1.87. The van der Waals surface area contributed by atoms with Crippen molar-refractivity contribution in [3.05, 3.63) is 63.7 Å². The molecule has 6 heteroatoms. The van der Waals surface area contributed by atoms with Gasteiger partial charge in [-0.1, -0.05) is 24.3 Å². The van der Waals surface area contributed by atoms with Crippen LogP contribution in [0.3, 0.4) is 0 Å². The Hall–Kier alpha value is -2.60. The van der Waals surface area contributed by atoms with Crippen LogP contribution in [0.25, 0.3) is 0 Å². The third kappa shape index (κ3) is 3.24. The average molecular weight is 273 g/mol. The van der Waals surface area contributed by atoms with Crippen LogP contribution in [0.4, 0.5) is 17.1 Å². The summed E-state index contributed by atoms with van der Waals surface area (Å²) >= 11 is 0. The Morgan fingerprint density at radius 1 is 1.20 bits per heavy atom. The molecule has 0 bridgehead atoms. The van der Waals surface area contributed by atoms with Crippen molar-refractivity contribution >= 4 is 17.1 Å². The van der Waals surface area contributed by atoms with Gasteiger partial charge in [-0.3, -0.25) is 10.1 Å². The fourth-order valence-corrected chi connectivity index (χ4v) is 1.87. The molecule has 20 heavy (non-hydrogen) atoms. The van der Waals surface area contributed by atoms with Gasteiger partial charge in [0.15, 0.2) is 0 Å². The fraction of sp³-hybridized carbons (Fsp3) is 0.143. The van der Waals surface area contributed by atoms with Crippen LogP contribution in [-0.2, 0) is 13.2 Å². The Balaban J connectivity index is 2.07. The van der Waals surface area contributed by atoms with E-state index in [1.165, 1.54) is 12.1 Å². The second-order valence-corrected chi connectivity index (χ2v) is 4.36. The predicted octanol–water partition coefficient (Wildman–Crippen LogP) is 2.28. The summed E-state index contributed by atoms with van der Waals surface area (Å²) < 4.78 is 0. The van der Waals surface area contributed by atoms with E-state index >= 15 is 0 Å². The SMILES string of the molecule is Nc1cc(NCc2cccc(CO)c2)ccc1[N+](=O)[O-]. The standard InChI is InChI=1S/C14H15N3O3/c15-13-7-12(4-5-14(13)17(19)20)16-8-10-2-1-3-11(6-10)9-18/h1-7,16,18H,8-9,15H2. The molecule has 4 N–H and O–H groups in total. The molecule has 0 saturated heterocycles. The second kappa shape index (κ2) is 6.03. The number of anilines is 2. The van der Waals surface area contributed by atoms with E-state index in [9.17, 15) is 10.1 Å². The number of nitro benzene ring substituents is 1. The number of nitrogens with one attached hydrogen (secondary N) is 1. The maximum Gasteiger partial charge on any atom is 0.292 e. The van der Waals surface area contributed by atoms with Crippen molar-refractivity contribution < 1.29 is 10.0 Å². The molecule has 0 amide bonds. The second-order valence-electron chi connectivity index (χ2n) is 4.36. The highest BCUT2D eigenvalue weighted by Gasteiger charge is 2.10. The molecule has 0 atom stereocenters. The Morgan fingerprint density at radius 3 is 2.60 bits per heavy atom. The molecular formula is C14H15N3O3. The van der Waals surface area contributed by atoms with Crippen molar-refractivity contribution in [3.63, 3.8) is 0 Å². The van der Waals surface area contributed by atoms with E-state index < -0.39 is 4.92 Å². The molecule has 0 heterocycles. The Labute approximate surface area is 116 Å². The van der Waals surface area contributed by atoms with E-state index in [1.807, 2.05) is 24.3 Å². The molecule has 2 aromatic rings. The first-order valence-electron chi connectivity index (χ1n) is 6.06. The first-order valence-corrected chi connectivity index (χ1v) is 6.06. The van der Waals surface area contributed by atoms with Crippen LogP contribution in [-0.4, -0.2) is 10.0 Å². The number of nitro groups is 1. The third-order valence-electron chi connectivity index (χ3n) is 2.89. The number of nitrogen functional groups attached to an aromatic ring is 1. The van der Waals surface area contributed by atoms with Crippen LogP contribution in [0.1, 0.15) is 11.1 Å². The minimum absolute atomic E-state index is 0.00167. The van der Waals surface area contributed by atoms with Crippen LogP contribution in [0, 0.1) is 10.1 Å². The zero-order valence-electron chi connectivity index (χ0n) is 10.7. The van der Waals surface area contributed by atoms with Gasteiger partial charge >= 0.3 is 0 Å². The molecule has 0 saturated carbocycles. The lowest BCUT2D eigenvalue weighted by molar-refractivity contribution is -0.383. The van der Waals surface area contributed by atoms with Crippen LogP contribution in [0.5, 0.6) is 0 Å². The molecule has 0 aliphatic heterocycles. The number of benzene rings is 2. The van der Waals surface area contributed by atoms with Gasteiger partial charge in [-0.2, -0.15) is 0 Å². The van der Waals surface area contributed by atoms with Crippen LogP contribution in [0.2, 0.25) is 0 Å².